The van der Waals surface area contributed by atoms with Crippen LogP contribution in [0.25, 0.3) is 0 Å². The molecule has 0 spiro atoms. The second kappa shape index (κ2) is 4.09. The molecule has 0 unspecified atom stereocenters. The Hall–Kier alpha value is -1.24. The Kier molecular flexibility index (Phi) is 2.81. The van der Waals surface area contributed by atoms with Crippen molar-refractivity contribution in [2.45, 2.75) is 6.42 Å². The molecule has 2 aromatic rings. The average molecular weight is 238 g/mol. The maximum Gasteiger partial charge on any atom is 0.130 e. The quantitative estimate of drug-likeness (QED) is 0.545. The monoisotopic (exact) mass is 238 g/mol. The van der Waals surface area contributed by atoms with Gasteiger partial charge in [0.25, 0.3) is 0 Å². The van der Waals surface area contributed by atoms with Crippen LogP contribution in [0.5, 0.6) is 11.5 Å². The molecule has 1 heterocycles. The minimum Gasteiger partial charge on any atom is -0.457 e. The van der Waals surface area contributed by atoms with E-state index in [4.69, 9.17) is 4.74 Å². The Morgan fingerprint density at radius 2 is 1.20 bits per heavy atom. The van der Waals surface area contributed by atoms with Crippen LogP contribution in [-0.4, -0.2) is 0 Å². The standard InChI is InChI=1S/C13H10O.Fe/c1-3-7-12-10(5-1)9-11-6-2-4-8-13(11)14-12;/h1-8H,9H2;. The van der Waals surface area contributed by atoms with Crippen molar-refractivity contribution in [3.05, 3.63) is 59.7 Å². The molecule has 0 saturated carbocycles. The normalized spacial score (nSPS) is 11.7. The van der Waals surface area contributed by atoms with Gasteiger partial charge in [0.15, 0.2) is 0 Å². The second-order valence-corrected chi connectivity index (χ2v) is 3.49. The first kappa shape index (κ1) is 10.3. The van der Waals surface area contributed by atoms with E-state index in [1.807, 2.05) is 24.3 Å². The molecule has 0 saturated heterocycles. The summed E-state index contributed by atoms with van der Waals surface area (Å²) < 4.78 is 5.78. The molecule has 1 aliphatic rings. The zero-order valence-electron chi connectivity index (χ0n) is 8.09. The number of hydrogen-bond donors (Lipinski definition) is 0. The number of fused-ring (bicyclic) bond motifs is 2. The van der Waals surface area contributed by atoms with Crippen LogP contribution in [0.2, 0.25) is 0 Å². The van der Waals surface area contributed by atoms with Crippen LogP contribution in [0.15, 0.2) is 48.5 Å². The Morgan fingerprint density at radius 3 is 1.73 bits per heavy atom. The number of hydrogen-bond acceptors (Lipinski definition) is 1. The van der Waals surface area contributed by atoms with Crippen LogP contribution >= 0.6 is 0 Å². The summed E-state index contributed by atoms with van der Waals surface area (Å²) in [6.45, 7) is 0. The van der Waals surface area contributed by atoms with E-state index >= 15 is 0 Å². The van der Waals surface area contributed by atoms with Gasteiger partial charge >= 0.3 is 0 Å². The number of rotatable bonds is 0. The van der Waals surface area contributed by atoms with Crippen molar-refractivity contribution in [3.8, 4) is 11.5 Å². The summed E-state index contributed by atoms with van der Waals surface area (Å²) in [7, 11) is 0. The maximum absolute atomic E-state index is 5.78. The van der Waals surface area contributed by atoms with E-state index in [0.717, 1.165) is 17.9 Å². The molecular weight excluding hydrogens is 228 g/mol. The van der Waals surface area contributed by atoms with Gasteiger partial charge in [-0.25, -0.2) is 0 Å². The smallest absolute Gasteiger partial charge is 0.130 e. The molecule has 0 atom stereocenters. The molecule has 0 amide bonds. The van der Waals surface area contributed by atoms with Crippen LogP contribution in [0.1, 0.15) is 11.1 Å². The molecule has 3 rings (SSSR count). The van der Waals surface area contributed by atoms with Crippen molar-refractivity contribution < 1.29 is 21.8 Å². The molecule has 1 aliphatic heterocycles. The molecule has 76 valence electrons. The van der Waals surface area contributed by atoms with E-state index in [1.165, 1.54) is 11.1 Å². The SMILES string of the molecule is [Fe].c1ccc2c(c1)Cc1ccccc1O2. The van der Waals surface area contributed by atoms with E-state index in [-0.39, 0.29) is 17.1 Å². The van der Waals surface area contributed by atoms with Crippen molar-refractivity contribution in [2.75, 3.05) is 0 Å². The summed E-state index contributed by atoms with van der Waals surface area (Å²) in [6, 6.07) is 16.4. The predicted octanol–water partition coefficient (Wildman–Crippen LogP) is 3.38. The van der Waals surface area contributed by atoms with Crippen LogP contribution in [0, 0.1) is 0 Å². The molecular formula is C13H10FeO. The predicted molar refractivity (Wildman–Crippen MR) is 55.8 cm³/mol. The maximum atomic E-state index is 5.78. The number of benzene rings is 2. The second-order valence-electron chi connectivity index (χ2n) is 3.49. The molecule has 0 aromatic heterocycles. The van der Waals surface area contributed by atoms with Gasteiger partial charge in [0.1, 0.15) is 11.5 Å². The Balaban J connectivity index is 0.000000853. The molecule has 0 bridgehead atoms. The van der Waals surface area contributed by atoms with Gasteiger partial charge in [-0.15, -0.1) is 0 Å². The van der Waals surface area contributed by atoms with Gasteiger partial charge in [-0.2, -0.15) is 0 Å². The third-order valence-corrected chi connectivity index (χ3v) is 2.55. The van der Waals surface area contributed by atoms with Gasteiger partial charge < -0.3 is 4.74 Å². The molecule has 0 N–H and O–H groups in total. The summed E-state index contributed by atoms with van der Waals surface area (Å²) >= 11 is 0. The summed E-state index contributed by atoms with van der Waals surface area (Å²) in [5.41, 5.74) is 2.54. The first-order valence-corrected chi connectivity index (χ1v) is 4.77. The van der Waals surface area contributed by atoms with Gasteiger partial charge in [-0.1, -0.05) is 36.4 Å². The van der Waals surface area contributed by atoms with E-state index < -0.39 is 0 Å². The summed E-state index contributed by atoms with van der Waals surface area (Å²) in [5, 5.41) is 0. The fourth-order valence-corrected chi connectivity index (χ4v) is 1.82. The molecule has 2 aromatic carbocycles. The Morgan fingerprint density at radius 1 is 0.733 bits per heavy atom. The van der Waals surface area contributed by atoms with Crippen LogP contribution < -0.4 is 4.74 Å². The van der Waals surface area contributed by atoms with Gasteiger partial charge in [0.05, 0.1) is 0 Å². The van der Waals surface area contributed by atoms with Gasteiger partial charge in [-0.3, -0.25) is 0 Å². The van der Waals surface area contributed by atoms with E-state index in [9.17, 15) is 0 Å². The summed E-state index contributed by atoms with van der Waals surface area (Å²) in [6.07, 6.45) is 0.979. The molecule has 1 nitrogen and oxygen atoms in total. The third kappa shape index (κ3) is 1.79. The van der Waals surface area contributed by atoms with Gasteiger partial charge in [-0.05, 0) is 23.3 Å². The summed E-state index contributed by atoms with van der Waals surface area (Å²) in [5.74, 6) is 1.98. The molecule has 0 radical (unpaired) electrons. The van der Waals surface area contributed by atoms with Crippen molar-refractivity contribution in [3.63, 3.8) is 0 Å². The van der Waals surface area contributed by atoms with Crippen molar-refractivity contribution >= 4 is 0 Å². The molecule has 2 heteroatoms. The fraction of sp³-hybridized carbons (Fsp3) is 0.0769. The van der Waals surface area contributed by atoms with Crippen LogP contribution in [0.3, 0.4) is 0 Å². The number of para-hydroxylation sites is 2. The molecule has 15 heavy (non-hydrogen) atoms. The van der Waals surface area contributed by atoms with E-state index in [0.29, 0.717) is 0 Å². The van der Waals surface area contributed by atoms with E-state index in [1.54, 1.807) is 0 Å². The first-order valence-electron chi connectivity index (χ1n) is 4.77. The molecule has 0 fully saturated rings. The zero-order chi connectivity index (χ0) is 9.38. The Bertz CT molecular complexity index is 392. The minimum atomic E-state index is 0. The minimum absolute atomic E-state index is 0. The largest absolute Gasteiger partial charge is 0.457 e. The van der Waals surface area contributed by atoms with Gasteiger partial charge in [0.2, 0.25) is 0 Å². The zero-order valence-corrected chi connectivity index (χ0v) is 9.19. The van der Waals surface area contributed by atoms with Crippen molar-refractivity contribution in [1.82, 2.24) is 0 Å². The van der Waals surface area contributed by atoms with Crippen LogP contribution in [0.4, 0.5) is 0 Å². The third-order valence-electron chi connectivity index (χ3n) is 2.55. The van der Waals surface area contributed by atoms with Crippen molar-refractivity contribution in [2.24, 2.45) is 0 Å². The fourth-order valence-electron chi connectivity index (χ4n) is 1.82. The topological polar surface area (TPSA) is 9.23 Å². The average Bonchev–Trinajstić information content (AvgIpc) is 2.26. The summed E-state index contributed by atoms with van der Waals surface area (Å²) in [4.78, 5) is 0. The molecule has 0 aliphatic carbocycles. The first-order chi connectivity index (χ1) is 6.93. The van der Waals surface area contributed by atoms with Gasteiger partial charge in [0, 0.05) is 23.5 Å². The van der Waals surface area contributed by atoms with Crippen LogP contribution in [-0.2, 0) is 23.5 Å². The van der Waals surface area contributed by atoms with E-state index in [2.05, 4.69) is 24.3 Å². The Labute approximate surface area is 99.6 Å². The van der Waals surface area contributed by atoms with Crippen molar-refractivity contribution in [1.29, 1.82) is 0 Å². The number of ether oxygens (including phenoxy) is 1.